The number of hydrogen-bond donors (Lipinski definition) is 2. The molecule has 0 fully saturated rings. The summed E-state index contributed by atoms with van der Waals surface area (Å²) >= 11 is 0. The number of nitrogens with zero attached hydrogens (tertiary/aromatic N) is 2. The van der Waals surface area contributed by atoms with Gasteiger partial charge in [-0.2, -0.15) is 5.01 Å². The summed E-state index contributed by atoms with van der Waals surface area (Å²) in [6.07, 6.45) is 1.26. The topological polar surface area (TPSA) is 46.9 Å². The zero-order valence-corrected chi connectivity index (χ0v) is 11.1. The zero-order valence-electron chi connectivity index (χ0n) is 11.1. The number of rotatable bonds is 5. The van der Waals surface area contributed by atoms with E-state index >= 15 is 0 Å². The number of hydrogen-bond acceptors (Lipinski definition) is 4. The van der Waals surface area contributed by atoms with Crippen molar-refractivity contribution in [2.45, 2.75) is 59.4 Å². The molecule has 4 nitrogen and oxygen atoms in total. The van der Waals surface area contributed by atoms with Gasteiger partial charge in [0, 0.05) is 14.1 Å². The van der Waals surface area contributed by atoms with E-state index in [0.29, 0.717) is 12.8 Å². The molecule has 0 radical (unpaired) electrons. The maximum Gasteiger partial charge on any atom is 0.122 e. The molecule has 4 heteroatoms. The Hall–Kier alpha value is -0.160. The van der Waals surface area contributed by atoms with Gasteiger partial charge in [-0.25, -0.2) is 5.01 Å². The molecule has 2 unspecified atom stereocenters. The first-order chi connectivity index (χ1) is 6.95. The Labute approximate surface area is 94.5 Å². The van der Waals surface area contributed by atoms with Gasteiger partial charge in [0.1, 0.15) is 12.5 Å². The molecule has 2 atom stereocenters. The van der Waals surface area contributed by atoms with Gasteiger partial charge in [0.15, 0.2) is 0 Å². The fourth-order valence-corrected chi connectivity index (χ4v) is 1.11. The van der Waals surface area contributed by atoms with Gasteiger partial charge >= 0.3 is 0 Å². The van der Waals surface area contributed by atoms with E-state index in [1.54, 1.807) is 24.1 Å². The van der Waals surface area contributed by atoms with Crippen LogP contribution in [-0.2, 0) is 0 Å². The second-order valence-electron chi connectivity index (χ2n) is 3.71. The van der Waals surface area contributed by atoms with Crippen molar-refractivity contribution in [2.75, 3.05) is 14.1 Å². The Balaban J connectivity index is 0. The lowest BCUT2D eigenvalue weighted by Crippen LogP contribution is -2.50. The Kier molecular flexibility index (Phi) is 11.9. The third-order valence-electron chi connectivity index (χ3n) is 1.80. The first kappa shape index (κ1) is 17.2. The molecule has 0 amide bonds. The molecule has 0 aromatic carbocycles. The van der Waals surface area contributed by atoms with Gasteiger partial charge in [-0.3, -0.25) is 0 Å². The average molecular weight is 220 g/mol. The largest absolute Gasteiger partial charge is 0.377 e. The van der Waals surface area contributed by atoms with E-state index < -0.39 is 12.5 Å². The van der Waals surface area contributed by atoms with Crippen LogP contribution < -0.4 is 0 Å². The molecule has 0 aliphatic heterocycles. The highest BCUT2D eigenvalue weighted by molar-refractivity contribution is 4.58. The average Bonchev–Trinajstić information content (AvgIpc) is 2.18. The molecule has 0 aromatic heterocycles. The van der Waals surface area contributed by atoms with Crippen LogP contribution in [0.1, 0.15) is 47.0 Å². The van der Waals surface area contributed by atoms with E-state index in [9.17, 15) is 10.2 Å². The molecule has 2 N–H and O–H groups in total. The predicted molar refractivity (Wildman–Crippen MR) is 64.1 cm³/mol. The SMILES string of the molecule is CCC.CCC(O)N(C(O)CC)N(C)C. The van der Waals surface area contributed by atoms with Gasteiger partial charge in [0.05, 0.1) is 0 Å². The second-order valence-corrected chi connectivity index (χ2v) is 3.71. The lowest BCUT2D eigenvalue weighted by molar-refractivity contribution is -0.200. The Bertz CT molecular complexity index is 122. The smallest absolute Gasteiger partial charge is 0.122 e. The monoisotopic (exact) mass is 220 g/mol. The van der Waals surface area contributed by atoms with Crippen LogP contribution >= 0.6 is 0 Å². The third-order valence-corrected chi connectivity index (χ3v) is 1.80. The standard InChI is InChI=1S/C8H20N2O2.C3H8/c1-5-7(11)10(9(3)4)8(12)6-2;1-3-2/h7-8,11-12H,5-6H2,1-4H3;3H2,1-2H3. The van der Waals surface area contributed by atoms with Crippen LogP contribution in [0, 0.1) is 0 Å². The fourth-order valence-electron chi connectivity index (χ4n) is 1.11. The maximum absolute atomic E-state index is 9.51. The summed E-state index contributed by atoms with van der Waals surface area (Å²) in [6, 6.07) is 0. The summed E-state index contributed by atoms with van der Waals surface area (Å²) in [5, 5.41) is 22.3. The predicted octanol–water partition coefficient (Wildman–Crippen LogP) is 1.64. The molecule has 15 heavy (non-hydrogen) atoms. The number of aliphatic hydroxyl groups excluding tert-OH is 2. The molecule has 0 bridgehead atoms. The molecule has 0 heterocycles. The second kappa shape index (κ2) is 10.4. The summed E-state index contributed by atoms with van der Waals surface area (Å²) in [5.74, 6) is 0. The molecule has 0 aliphatic carbocycles. The van der Waals surface area contributed by atoms with Crippen molar-refractivity contribution in [1.29, 1.82) is 0 Å². The molecule has 0 saturated heterocycles. The highest BCUT2D eigenvalue weighted by Crippen LogP contribution is 2.08. The van der Waals surface area contributed by atoms with Crippen LogP contribution in [0.2, 0.25) is 0 Å². The van der Waals surface area contributed by atoms with Gasteiger partial charge in [-0.15, -0.1) is 0 Å². The van der Waals surface area contributed by atoms with Gasteiger partial charge < -0.3 is 10.2 Å². The number of aliphatic hydroxyl groups is 2. The van der Waals surface area contributed by atoms with Crippen LogP contribution in [0.25, 0.3) is 0 Å². The minimum Gasteiger partial charge on any atom is -0.377 e. The fraction of sp³-hybridized carbons (Fsp3) is 1.00. The first-order valence-corrected chi connectivity index (χ1v) is 5.77. The Morgan fingerprint density at radius 3 is 1.27 bits per heavy atom. The van der Waals surface area contributed by atoms with E-state index in [1.165, 1.54) is 6.42 Å². The van der Waals surface area contributed by atoms with E-state index in [-0.39, 0.29) is 0 Å². The molecule has 0 aliphatic rings. The van der Waals surface area contributed by atoms with E-state index in [4.69, 9.17) is 0 Å². The summed E-state index contributed by atoms with van der Waals surface area (Å²) in [7, 11) is 3.61. The van der Waals surface area contributed by atoms with Crippen molar-refractivity contribution < 1.29 is 10.2 Å². The lowest BCUT2D eigenvalue weighted by Gasteiger charge is -2.36. The van der Waals surface area contributed by atoms with Gasteiger partial charge in [0.2, 0.25) is 0 Å². The minimum absolute atomic E-state index is 0.602. The zero-order chi connectivity index (χ0) is 12.4. The molecule has 0 saturated carbocycles. The van der Waals surface area contributed by atoms with Gasteiger partial charge in [-0.05, 0) is 12.8 Å². The van der Waals surface area contributed by atoms with Crippen LogP contribution in [-0.4, -0.2) is 46.8 Å². The van der Waals surface area contributed by atoms with Crippen molar-refractivity contribution in [3.63, 3.8) is 0 Å². The Morgan fingerprint density at radius 2 is 1.13 bits per heavy atom. The summed E-state index contributed by atoms with van der Waals surface area (Å²) < 4.78 is 0. The molecule has 0 rings (SSSR count). The van der Waals surface area contributed by atoms with Crippen molar-refractivity contribution in [2.24, 2.45) is 0 Å². The van der Waals surface area contributed by atoms with Crippen LogP contribution in [0.3, 0.4) is 0 Å². The molecule has 0 aromatic rings. The van der Waals surface area contributed by atoms with Gasteiger partial charge in [-0.1, -0.05) is 34.1 Å². The molecular formula is C11H28N2O2. The van der Waals surface area contributed by atoms with E-state index in [2.05, 4.69) is 13.8 Å². The molecule has 94 valence electrons. The van der Waals surface area contributed by atoms with Crippen LogP contribution in [0.5, 0.6) is 0 Å². The van der Waals surface area contributed by atoms with Crippen molar-refractivity contribution in [1.82, 2.24) is 10.0 Å². The highest BCUT2D eigenvalue weighted by atomic mass is 16.3. The van der Waals surface area contributed by atoms with Crippen molar-refractivity contribution in [3.8, 4) is 0 Å². The van der Waals surface area contributed by atoms with Crippen molar-refractivity contribution >= 4 is 0 Å². The molecule has 0 spiro atoms. The summed E-state index contributed by atoms with van der Waals surface area (Å²) in [4.78, 5) is 0. The van der Waals surface area contributed by atoms with Gasteiger partial charge in [0.25, 0.3) is 0 Å². The van der Waals surface area contributed by atoms with Crippen LogP contribution in [0.15, 0.2) is 0 Å². The third kappa shape index (κ3) is 7.73. The maximum atomic E-state index is 9.51. The van der Waals surface area contributed by atoms with E-state index in [0.717, 1.165) is 0 Å². The first-order valence-electron chi connectivity index (χ1n) is 5.77. The number of hydrazine groups is 1. The summed E-state index contributed by atoms with van der Waals surface area (Å²) in [6.45, 7) is 8.01. The van der Waals surface area contributed by atoms with Crippen LogP contribution in [0.4, 0.5) is 0 Å². The lowest BCUT2D eigenvalue weighted by atomic mass is 10.3. The summed E-state index contributed by atoms with van der Waals surface area (Å²) in [5.41, 5.74) is 0. The van der Waals surface area contributed by atoms with E-state index in [1.807, 2.05) is 13.8 Å². The van der Waals surface area contributed by atoms with Crippen molar-refractivity contribution in [3.05, 3.63) is 0 Å². The normalized spacial score (nSPS) is 14.8. The minimum atomic E-state index is -0.602. The highest BCUT2D eigenvalue weighted by Gasteiger charge is 2.22. The molecular weight excluding hydrogens is 192 g/mol. The Morgan fingerprint density at radius 1 is 0.867 bits per heavy atom. The quantitative estimate of drug-likeness (QED) is 0.546.